The lowest BCUT2D eigenvalue weighted by Gasteiger charge is -2.08. The van der Waals surface area contributed by atoms with Gasteiger partial charge in [-0.05, 0) is 29.6 Å². The average molecular weight is 311 g/mol. The molecule has 1 amide bonds. The number of carbonyl (C=O) groups is 1. The highest BCUT2D eigenvalue weighted by Crippen LogP contribution is 2.22. The van der Waals surface area contributed by atoms with E-state index in [1.807, 2.05) is 17.5 Å². The van der Waals surface area contributed by atoms with E-state index in [2.05, 4.69) is 5.32 Å². The average Bonchev–Trinajstić information content (AvgIpc) is 2.91. The third-order valence-corrected chi connectivity index (χ3v) is 3.67. The van der Waals surface area contributed by atoms with E-state index in [1.165, 1.54) is 0 Å². The zero-order chi connectivity index (χ0) is 14.4. The number of ether oxygens (including phenoxy) is 1. The van der Waals surface area contributed by atoms with Crippen molar-refractivity contribution in [3.63, 3.8) is 0 Å². The van der Waals surface area contributed by atoms with Crippen molar-refractivity contribution in [3.8, 4) is 0 Å². The molecule has 0 radical (unpaired) electrons. The Labute approximate surface area is 126 Å². The van der Waals surface area contributed by atoms with Crippen LogP contribution < -0.4 is 11.1 Å². The molecule has 0 bridgehead atoms. The minimum absolute atomic E-state index is 0.134. The number of nitrogen functional groups attached to an aromatic ring is 1. The smallest absolute Gasteiger partial charge is 0.226 e. The molecule has 0 aliphatic carbocycles. The van der Waals surface area contributed by atoms with Crippen LogP contribution in [0.4, 0.5) is 11.4 Å². The number of carbonyl (C=O) groups excluding carboxylic acids is 1. The second-order valence-electron chi connectivity index (χ2n) is 4.16. The number of rotatable bonds is 6. The van der Waals surface area contributed by atoms with E-state index >= 15 is 0 Å². The highest BCUT2D eigenvalue weighted by atomic mass is 35.5. The van der Waals surface area contributed by atoms with Gasteiger partial charge in [-0.2, -0.15) is 0 Å². The molecule has 0 spiro atoms. The first kappa shape index (κ1) is 14.8. The van der Waals surface area contributed by atoms with Gasteiger partial charge >= 0.3 is 0 Å². The van der Waals surface area contributed by atoms with Crippen LogP contribution in [0.15, 0.2) is 35.7 Å². The van der Waals surface area contributed by atoms with Crippen molar-refractivity contribution in [2.45, 2.75) is 13.0 Å². The topological polar surface area (TPSA) is 64.3 Å². The van der Waals surface area contributed by atoms with Gasteiger partial charge < -0.3 is 15.8 Å². The number of nitrogens with two attached hydrogens (primary N) is 1. The highest BCUT2D eigenvalue weighted by Gasteiger charge is 2.06. The lowest BCUT2D eigenvalue weighted by molar-refractivity contribution is -0.117. The molecule has 1 aromatic heterocycles. The summed E-state index contributed by atoms with van der Waals surface area (Å²) in [5.74, 6) is -0.134. The highest BCUT2D eigenvalue weighted by molar-refractivity contribution is 7.09. The standard InChI is InChI=1S/C14H15ClN2O2S/c15-10-3-4-13(12(16)8-10)17-14(18)5-6-19-9-11-2-1-7-20-11/h1-4,7-8H,5-6,9,16H2,(H,17,18). The van der Waals surface area contributed by atoms with Crippen molar-refractivity contribution in [2.24, 2.45) is 0 Å². The quantitative estimate of drug-likeness (QED) is 0.633. The molecular formula is C14H15ClN2O2S. The number of nitrogens with one attached hydrogen (secondary N) is 1. The van der Waals surface area contributed by atoms with Crippen LogP contribution in [-0.2, 0) is 16.1 Å². The summed E-state index contributed by atoms with van der Waals surface area (Å²) < 4.78 is 5.43. The van der Waals surface area contributed by atoms with Gasteiger partial charge in [-0.15, -0.1) is 11.3 Å². The van der Waals surface area contributed by atoms with Gasteiger partial charge in [0.15, 0.2) is 0 Å². The minimum Gasteiger partial charge on any atom is -0.397 e. The molecule has 0 aliphatic heterocycles. The van der Waals surface area contributed by atoms with Gasteiger partial charge in [0, 0.05) is 9.90 Å². The molecule has 106 valence electrons. The Bertz CT molecular complexity index is 573. The Morgan fingerprint density at radius 3 is 2.95 bits per heavy atom. The molecular weight excluding hydrogens is 296 g/mol. The molecule has 0 fully saturated rings. The number of thiophene rings is 1. The molecule has 0 unspecified atom stereocenters. The monoisotopic (exact) mass is 310 g/mol. The van der Waals surface area contributed by atoms with Crippen LogP contribution in [0.3, 0.4) is 0 Å². The maximum atomic E-state index is 11.7. The Hall–Kier alpha value is -1.56. The fourth-order valence-electron chi connectivity index (χ4n) is 1.59. The molecule has 0 saturated heterocycles. The first-order valence-electron chi connectivity index (χ1n) is 6.10. The third kappa shape index (κ3) is 4.52. The second-order valence-corrected chi connectivity index (χ2v) is 5.63. The SMILES string of the molecule is Nc1cc(Cl)ccc1NC(=O)CCOCc1cccs1. The second kappa shape index (κ2) is 7.28. The number of benzene rings is 1. The number of amides is 1. The Balaban J connectivity index is 1.72. The molecule has 4 nitrogen and oxygen atoms in total. The Morgan fingerprint density at radius 2 is 2.25 bits per heavy atom. The van der Waals surface area contributed by atoms with Crippen molar-refractivity contribution in [2.75, 3.05) is 17.7 Å². The van der Waals surface area contributed by atoms with E-state index in [4.69, 9.17) is 22.1 Å². The van der Waals surface area contributed by atoms with E-state index in [-0.39, 0.29) is 12.3 Å². The van der Waals surface area contributed by atoms with Crippen molar-refractivity contribution < 1.29 is 9.53 Å². The lowest BCUT2D eigenvalue weighted by atomic mass is 10.2. The molecule has 0 aliphatic rings. The van der Waals surface area contributed by atoms with Crippen LogP contribution in [-0.4, -0.2) is 12.5 Å². The van der Waals surface area contributed by atoms with Crippen molar-refractivity contribution >= 4 is 40.2 Å². The first-order valence-corrected chi connectivity index (χ1v) is 7.36. The zero-order valence-electron chi connectivity index (χ0n) is 10.8. The van der Waals surface area contributed by atoms with Crippen molar-refractivity contribution in [1.82, 2.24) is 0 Å². The van der Waals surface area contributed by atoms with Gasteiger partial charge in [0.05, 0.1) is 31.0 Å². The summed E-state index contributed by atoms with van der Waals surface area (Å²) in [6.07, 6.45) is 0.285. The lowest BCUT2D eigenvalue weighted by Crippen LogP contribution is -2.15. The maximum Gasteiger partial charge on any atom is 0.226 e. The fraction of sp³-hybridized carbons (Fsp3) is 0.214. The first-order chi connectivity index (χ1) is 9.65. The molecule has 3 N–H and O–H groups in total. The molecule has 1 heterocycles. The predicted molar refractivity (Wildman–Crippen MR) is 83.1 cm³/mol. The van der Waals surface area contributed by atoms with E-state index in [9.17, 15) is 4.79 Å². The summed E-state index contributed by atoms with van der Waals surface area (Å²) in [4.78, 5) is 12.9. The minimum atomic E-state index is -0.134. The summed E-state index contributed by atoms with van der Waals surface area (Å²) in [6, 6.07) is 8.94. The van der Waals surface area contributed by atoms with Crippen LogP contribution in [0.1, 0.15) is 11.3 Å². The normalized spacial score (nSPS) is 10.4. The van der Waals surface area contributed by atoms with Gasteiger partial charge in [0.1, 0.15) is 0 Å². The number of halogens is 1. The van der Waals surface area contributed by atoms with Crippen LogP contribution in [0.25, 0.3) is 0 Å². The number of anilines is 2. The van der Waals surface area contributed by atoms with Gasteiger partial charge in [-0.25, -0.2) is 0 Å². The molecule has 1 aromatic carbocycles. The van der Waals surface area contributed by atoms with Crippen LogP contribution in [0.2, 0.25) is 5.02 Å². The van der Waals surface area contributed by atoms with Crippen LogP contribution in [0.5, 0.6) is 0 Å². The number of hydrogen-bond donors (Lipinski definition) is 2. The van der Waals surface area contributed by atoms with Gasteiger partial charge in [0.2, 0.25) is 5.91 Å². The van der Waals surface area contributed by atoms with Crippen LogP contribution >= 0.6 is 22.9 Å². The van der Waals surface area contributed by atoms with Crippen LogP contribution in [0, 0.1) is 0 Å². The van der Waals surface area contributed by atoms with Gasteiger partial charge in [0.25, 0.3) is 0 Å². The molecule has 6 heteroatoms. The largest absolute Gasteiger partial charge is 0.397 e. The molecule has 0 saturated carbocycles. The fourth-order valence-corrected chi connectivity index (χ4v) is 2.41. The summed E-state index contributed by atoms with van der Waals surface area (Å²) in [6.45, 7) is 0.908. The Morgan fingerprint density at radius 1 is 1.40 bits per heavy atom. The summed E-state index contributed by atoms with van der Waals surface area (Å²) in [5.41, 5.74) is 6.78. The Kier molecular flexibility index (Phi) is 5.40. The van der Waals surface area contributed by atoms with E-state index in [1.54, 1.807) is 29.5 Å². The summed E-state index contributed by atoms with van der Waals surface area (Å²) >= 11 is 7.43. The molecule has 2 rings (SSSR count). The van der Waals surface area contributed by atoms with Gasteiger partial charge in [-0.1, -0.05) is 17.7 Å². The van der Waals surface area contributed by atoms with Crippen molar-refractivity contribution in [3.05, 3.63) is 45.6 Å². The summed E-state index contributed by atoms with van der Waals surface area (Å²) in [5, 5.41) is 5.27. The summed E-state index contributed by atoms with van der Waals surface area (Å²) in [7, 11) is 0. The van der Waals surface area contributed by atoms with Crippen molar-refractivity contribution in [1.29, 1.82) is 0 Å². The molecule has 2 aromatic rings. The van der Waals surface area contributed by atoms with E-state index in [0.717, 1.165) is 4.88 Å². The molecule has 20 heavy (non-hydrogen) atoms. The maximum absolute atomic E-state index is 11.7. The zero-order valence-corrected chi connectivity index (χ0v) is 12.3. The third-order valence-electron chi connectivity index (χ3n) is 2.59. The van der Waals surface area contributed by atoms with E-state index < -0.39 is 0 Å². The van der Waals surface area contributed by atoms with E-state index in [0.29, 0.717) is 29.6 Å². The molecule has 0 atom stereocenters. The predicted octanol–water partition coefficient (Wildman–Crippen LogP) is 3.53. The number of hydrogen-bond acceptors (Lipinski definition) is 4. The van der Waals surface area contributed by atoms with Gasteiger partial charge in [-0.3, -0.25) is 4.79 Å².